The predicted octanol–water partition coefficient (Wildman–Crippen LogP) is 2.43. The Morgan fingerprint density at radius 3 is 3.00 bits per heavy atom. The number of aromatic nitrogens is 3. The summed E-state index contributed by atoms with van der Waals surface area (Å²) in [5.74, 6) is 1.72. The van der Waals surface area contributed by atoms with E-state index in [0.717, 1.165) is 24.2 Å². The first-order chi connectivity index (χ1) is 13.2. The minimum atomic E-state index is -0.207. The van der Waals surface area contributed by atoms with Crippen molar-refractivity contribution in [2.45, 2.75) is 31.9 Å². The van der Waals surface area contributed by atoms with Crippen molar-refractivity contribution >= 4 is 5.91 Å². The highest BCUT2D eigenvalue weighted by Gasteiger charge is 2.29. The molecule has 3 aromatic heterocycles. The Hall–Kier alpha value is -2.93. The number of furan rings is 1. The lowest BCUT2D eigenvalue weighted by atomic mass is 9.96. The molecule has 1 saturated heterocycles. The van der Waals surface area contributed by atoms with Crippen molar-refractivity contribution in [3.8, 4) is 0 Å². The van der Waals surface area contributed by atoms with E-state index in [1.165, 1.54) is 0 Å². The SMILES string of the molecule is O=C(c1ccc(CO)o1)N1CCC[C@@H](c2nccn2Cc2cccnc2)C1. The van der Waals surface area contributed by atoms with Crippen LogP contribution in [0.1, 0.15) is 46.5 Å². The van der Waals surface area contributed by atoms with Crippen molar-refractivity contribution in [3.63, 3.8) is 0 Å². The molecule has 140 valence electrons. The number of amides is 1. The summed E-state index contributed by atoms with van der Waals surface area (Å²) in [5, 5.41) is 9.13. The van der Waals surface area contributed by atoms with Gasteiger partial charge in [0.05, 0.1) is 6.54 Å². The average molecular weight is 366 g/mol. The van der Waals surface area contributed by atoms with Crippen molar-refractivity contribution < 1.29 is 14.3 Å². The van der Waals surface area contributed by atoms with Gasteiger partial charge in [-0.15, -0.1) is 0 Å². The van der Waals surface area contributed by atoms with E-state index in [9.17, 15) is 4.79 Å². The number of aliphatic hydroxyl groups is 1. The topological polar surface area (TPSA) is 84.4 Å². The van der Waals surface area contributed by atoms with Crippen molar-refractivity contribution in [1.82, 2.24) is 19.4 Å². The van der Waals surface area contributed by atoms with Crippen molar-refractivity contribution in [3.05, 3.63) is 72.0 Å². The standard InChI is InChI=1S/C20H22N4O3/c25-14-17-5-6-18(27-17)20(26)24-9-2-4-16(13-24)19-22-8-10-23(19)12-15-3-1-7-21-11-15/h1,3,5-8,10-11,16,25H,2,4,9,12-14H2/t16-/m1/s1. The Morgan fingerprint density at radius 1 is 1.30 bits per heavy atom. The van der Waals surface area contributed by atoms with Crippen molar-refractivity contribution in [2.24, 2.45) is 0 Å². The fourth-order valence-corrected chi connectivity index (χ4v) is 3.61. The zero-order chi connectivity index (χ0) is 18.6. The van der Waals surface area contributed by atoms with Gasteiger partial charge >= 0.3 is 0 Å². The molecule has 1 aliphatic rings. The monoisotopic (exact) mass is 366 g/mol. The van der Waals surface area contributed by atoms with Crippen LogP contribution in [0.25, 0.3) is 0 Å². The van der Waals surface area contributed by atoms with Crippen LogP contribution >= 0.6 is 0 Å². The van der Waals surface area contributed by atoms with Crippen molar-refractivity contribution in [1.29, 1.82) is 0 Å². The lowest BCUT2D eigenvalue weighted by Crippen LogP contribution is -2.39. The highest BCUT2D eigenvalue weighted by molar-refractivity contribution is 5.91. The normalized spacial score (nSPS) is 17.2. The minimum absolute atomic E-state index is 0.134. The lowest BCUT2D eigenvalue weighted by molar-refractivity contribution is 0.0666. The number of carbonyl (C=O) groups is 1. The van der Waals surface area contributed by atoms with Gasteiger partial charge in [0.1, 0.15) is 18.2 Å². The number of rotatable bonds is 5. The van der Waals surface area contributed by atoms with Crippen LogP contribution in [0.15, 0.2) is 53.5 Å². The summed E-state index contributed by atoms with van der Waals surface area (Å²) in [7, 11) is 0. The number of nitrogens with zero attached hydrogens (tertiary/aromatic N) is 4. The first kappa shape index (κ1) is 17.5. The fraction of sp³-hybridized carbons (Fsp3) is 0.350. The van der Waals surface area contributed by atoms with E-state index in [1.807, 2.05) is 35.6 Å². The molecule has 1 fully saturated rings. The van der Waals surface area contributed by atoms with Gasteiger partial charge in [0, 0.05) is 43.8 Å². The number of piperidine rings is 1. The summed E-state index contributed by atoms with van der Waals surface area (Å²) in [6, 6.07) is 7.23. The van der Waals surface area contributed by atoms with Crippen LogP contribution in [0.4, 0.5) is 0 Å². The van der Waals surface area contributed by atoms with E-state index in [4.69, 9.17) is 9.52 Å². The van der Waals surface area contributed by atoms with E-state index in [-0.39, 0.29) is 24.2 Å². The second-order valence-corrected chi connectivity index (χ2v) is 6.79. The molecular formula is C20H22N4O3. The molecule has 0 unspecified atom stereocenters. The van der Waals surface area contributed by atoms with E-state index in [1.54, 1.807) is 18.3 Å². The Labute approximate surface area is 157 Å². The molecule has 1 atom stereocenters. The van der Waals surface area contributed by atoms with E-state index in [0.29, 0.717) is 25.4 Å². The number of carbonyl (C=O) groups excluding carboxylic acids is 1. The van der Waals surface area contributed by atoms with Crippen LogP contribution in [0.2, 0.25) is 0 Å². The van der Waals surface area contributed by atoms with Crippen LogP contribution in [-0.2, 0) is 13.2 Å². The lowest BCUT2D eigenvalue weighted by Gasteiger charge is -2.32. The van der Waals surface area contributed by atoms with Crippen LogP contribution < -0.4 is 0 Å². The number of hydrogen-bond acceptors (Lipinski definition) is 5. The van der Waals surface area contributed by atoms with E-state index < -0.39 is 0 Å². The molecule has 0 radical (unpaired) electrons. The van der Waals surface area contributed by atoms with Gasteiger partial charge in [-0.25, -0.2) is 4.98 Å². The molecule has 0 spiro atoms. The number of aliphatic hydroxyl groups excluding tert-OH is 1. The van der Waals surface area contributed by atoms with Gasteiger partial charge in [-0.1, -0.05) is 6.07 Å². The van der Waals surface area contributed by atoms with Crippen LogP contribution in [0.5, 0.6) is 0 Å². The van der Waals surface area contributed by atoms with Gasteiger partial charge in [0.2, 0.25) is 0 Å². The molecule has 0 aliphatic carbocycles. The van der Waals surface area contributed by atoms with Crippen LogP contribution in [0.3, 0.4) is 0 Å². The minimum Gasteiger partial charge on any atom is -0.453 e. The summed E-state index contributed by atoms with van der Waals surface area (Å²) in [4.78, 5) is 23.3. The second kappa shape index (κ2) is 7.75. The summed E-state index contributed by atoms with van der Waals surface area (Å²) in [6.07, 6.45) is 9.32. The summed E-state index contributed by atoms with van der Waals surface area (Å²) >= 11 is 0. The molecule has 0 bridgehead atoms. The van der Waals surface area contributed by atoms with Crippen molar-refractivity contribution in [2.75, 3.05) is 13.1 Å². The number of hydrogen-bond donors (Lipinski definition) is 1. The van der Waals surface area contributed by atoms with Gasteiger partial charge in [-0.2, -0.15) is 0 Å². The highest BCUT2D eigenvalue weighted by atomic mass is 16.4. The van der Waals surface area contributed by atoms with Gasteiger partial charge in [-0.3, -0.25) is 9.78 Å². The molecule has 27 heavy (non-hydrogen) atoms. The maximum atomic E-state index is 12.7. The zero-order valence-electron chi connectivity index (χ0n) is 15.0. The Balaban J connectivity index is 1.49. The average Bonchev–Trinajstić information content (AvgIpc) is 3.38. The molecule has 7 nitrogen and oxygen atoms in total. The summed E-state index contributed by atoms with van der Waals surface area (Å²) in [6.45, 7) is 1.82. The molecular weight excluding hydrogens is 344 g/mol. The molecule has 0 aromatic carbocycles. The van der Waals surface area contributed by atoms with Gasteiger partial charge < -0.3 is 19.0 Å². The quantitative estimate of drug-likeness (QED) is 0.750. The summed E-state index contributed by atoms with van der Waals surface area (Å²) < 4.78 is 7.54. The molecule has 4 heterocycles. The van der Waals surface area contributed by atoms with Crippen LogP contribution in [0, 0.1) is 0 Å². The summed E-state index contributed by atoms with van der Waals surface area (Å²) in [5.41, 5.74) is 1.12. The van der Waals surface area contributed by atoms with Gasteiger partial charge in [0.15, 0.2) is 5.76 Å². The Kier molecular flexibility index (Phi) is 5.02. The third-order valence-corrected chi connectivity index (χ3v) is 4.93. The van der Waals surface area contributed by atoms with E-state index >= 15 is 0 Å². The van der Waals surface area contributed by atoms with Gasteiger partial charge in [0.25, 0.3) is 5.91 Å². The third-order valence-electron chi connectivity index (χ3n) is 4.93. The number of imidazole rings is 1. The number of pyridine rings is 1. The fourth-order valence-electron chi connectivity index (χ4n) is 3.61. The van der Waals surface area contributed by atoms with Gasteiger partial charge in [-0.05, 0) is 36.6 Å². The molecule has 0 saturated carbocycles. The first-order valence-electron chi connectivity index (χ1n) is 9.13. The first-order valence-corrected chi connectivity index (χ1v) is 9.13. The molecule has 1 aliphatic heterocycles. The second-order valence-electron chi connectivity index (χ2n) is 6.79. The number of likely N-dealkylation sites (tertiary alicyclic amines) is 1. The predicted molar refractivity (Wildman–Crippen MR) is 98.1 cm³/mol. The molecule has 1 amide bonds. The Bertz CT molecular complexity index is 903. The Morgan fingerprint density at radius 2 is 2.22 bits per heavy atom. The maximum absolute atomic E-state index is 12.7. The molecule has 3 aromatic rings. The highest BCUT2D eigenvalue weighted by Crippen LogP contribution is 2.27. The molecule has 7 heteroatoms. The molecule has 4 rings (SSSR count). The third kappa shape index (κ3) is 3.78. The molecule has 1 N–H and O–H groups in total. The zero-order valence-corrected chi connectivity index (χ0v) is 15.0. The van der Waals surface area contributed by atoms with E-state index in [2.05, 4.69) is 14.5 Å². The van der Waals surface area contributed by atoms with Crippen LogP contribution in [-0.4, -0.2) is 43.5 Å². The maximum Gasteiger partial charge on any atom is 0.289 e. The smallest absolute Gasteiger partial charge is 0.289 e. The largest absolute Gasteiger partial charge is 0.453 e.